The van der Waals surface area contributed by atoms with Gasteiger partial charge in [0.25, 0.3) is 0 Å². The molecule has 20 heavy (non-hydrogen) atoms. The van der Waals surface area contributed by atoms with E-state index < -0.39 is 5.60 Å². The molecule has 3 heteroatoms. The molecule has 1 aromatic carbocycles. The highest BCUT2D eigenvalue weighted by molar-refractivity contribution is 9.10. The van der Waals surface area contributed by atoms with Crippen molar-refractivity contribution in [3.63, 3.8) is 0 Å². The molecule has 1 aromatic rings. The minimum absolute atomic E-state index is 0.221. The molecule has 0 radical (unpaired) electrons. The van der Waals surface area contributed by atoms with Crippen LogP contribution in [0.2, 0.25) is 0 Å². The van der Waals surface area contributed by atoms with Crippen molar-refractivity contribution in [3.05, 3.63) is 34.1 Å². The van der Waals surface area contributed by atoms with Gasteiger partial charge in [-0.3, -0.25) is 0 Å². The molecule has 4 aliphatic rings. The van der Waals surface area contributed by atoms with Gasteiger partial charge < -0.3 is 5.11 Å². The smallest absolute Gasteiger partial charge is 0.124 e. The van der Waals surface area contributed by atoms with Gasteiger partial charge >= 0.3 is 0 Å². The highest BCUT2D eigenvalue weighted by Gasteiger charge is 2.56. The van der Waals surface area contributed by atoms with Crippen LogP contribution in [0.25, 0.3) is 0 Å². The number of aliphatic hydroxyl groups is 1. The minimum atomic E-state index is -0.597. The second kappa shape index (κ2) is 4.54. The Hall–Kier alpha value is -0.410. The molecule has 0 spiro atoms. The summed E-state index contributed by atoms with van der Waals surface area (Å²) in [7, 11) is 0. The number of benzene rings is 1. The second-order valence-electron chi connectivity index (χ2n) is 7.25. The van der Waals surface area contributed by atoms with Gasteiger partial charge in [-0.2, -0.15) is 0 Å². The van der Waals surface area contributed by atoms with Crippen molar-refractivity contribution in [1.82, 2.24) is 0 Å². The summed E-state index contributed by atoms with van der Waals surface area (Å²) >= 11 is 3.35. The first-order valence-corrected chi connectivity index (χ1v) is 8.49. The molecule has 1 nitrogen and oxygen atoms in total. The highest BCUT2D eigenvalue weighted by atomic mass is 79.9. The molecule has 0 aromatic heterocycles. The number of hydrogen-bond acceptors (Lipinski definition) is 1. The fraction of sp³-hybridized carbons (Fsp3) is 0.647. The lowest BCUT2D eigenvalue weighted by atomic mass is 9.49. The van der Waals surface area contributed by atoms with Gasteiger partial charge in [0.1, 0.15) is 5.82 Å². The Bertz CT molecular complexity index is 494. The first kappa shape index (κ1) is 13.3. The Morgan fingerprint density at radius 1 is 1.05 bits per heavy atom. The van der Waals surface area contributed by atoms with Crippen LogP contribution in [0, 0.1) is 29.5 Å². The number of hydrogen-bond donors (Lipinski definition) is 1. The van der Waals surface area contributed by atoms with Crippen molar-refractivity contribution in [1.29, 1.82) is 0 Å². The Morgan fingerprint density at radius 2 is 1.65 bits per heavy atom. The van der Waals surface area contributed by atoms with Crippen molar-refractivity contribution >= 4 is 15.9 Å². The number of halogens is 2. The van der Waals surface area contributed by atoms with Crippen LogP contribution < -0.4 is 0 Å². The van der Waals surface area contributed by atoms with Gasteiger partial charge in [0.2, 0.25) is 0 Å². The summed E-state index contributed by atoms with van der Waals surface area (Å²) in [6.45, 7) is 0. The summed E-state index contributed by atoms with van der Waals surface area (Å²) in [6, 6.07) is 5.00. The topological polar surface area (TPSA) is 20.2 Å². The summed E-state index contributed by atoms with van der Waals surface area (Å²) in [5, 5.41) is 11.3. The second-order valence-corrected chi connectivity index (χ2v) is 8.17. The molecule has 0 saturated heterocycles. The van der Waals surface area contributed by atoms with Crippen molar-refractivity contribution in [3.8, 4) is 0 Å². The predicted molar refractivity (Wildman–Crippen MR) is 79.8 cm³/mol. The molecule has 0 heterocycles. The SMILES string of the molecule is OC1(Cc2cc(F)cc(Br)c2)C2CC3CC(C2)CC1C3. The molecule has 4 bridgehead atoms. The monoisotopic (exact) mass is 338 g/mol. The van der Waals surface area contributed by atoms with E-state index in [2.05, 4.69) is 15.9 Å². The zero-order chi connectivity index (χ0) is 13.9. The maximum atomic E-state index is 13.6. The molecule has 1 N–H and O–H groups in total. The van der Waals surface area contributed by atoms with E-state index in [-0.39, 0.29) is 5.82 Å². The molecular formula is C17H20BrFO. The largest absolute Gasteiger partial charge is 0.389 e. The number of rotatable bonds is 2. The fourth-order valence-electron chi connectivity index (χ4n) is 5.33. The molecular weight excluding hydrogens is 319 g/mol. The third kappa shape index (κ3) is 2.05. The molecule has 4 fully saturated rings. The van der Waals surface area contributed by atoms with Crippen LogP contribution in [0.1, 0.15) is 37.7 Å². The van der Waals surface area contributed by atoms with Gasteiger partial charge in [-0.25, -0.2) is 4.39 Å². The van der Waals surface area contributed by atoms with E-state index in [0.29, 0.717) is 18.3 Å². The minimum Gasteiger partial charge on any atom is -0.389 e. The zero-order valence-corrected chi connectivity index (χ0v) is 13.1. The lowest BCUT2D eigenvalue weighted by Crippen LogP contribution is -2.58. The van der Waals surface area contributed by atoms with Crippen LogP contribution in [-0.2, 0) is 6.42 Å². The molecule has 4 saturated carbocycles. The maximum absolute atomic E-state index is 13.6. The lowest BCUT2D eigenvalue weighted by Gasteiger charge is -2.59. The van der Waals surface area contributed by atoms with Crippen LogP contribution in [-0.4, -0.2) is 10.7 Å². The molecule has 4 aliphatic carbocycles. The normalized spacial score (nSPS) is 42.1. The Balaban J connectivity index is 1.64. The van der Waals surface area contributed by atoms with Crippen molar-refractivity contribution in [2.75, 3.05) is 0 Å². The van der Waals surface area contributed by atoms with E-state index >= 15 is 0 Å². The van der Waals surface area contributed by atoms with E-state index in [0.717, 1.165) is 21.9 Å². The third-order valence-electron chi connectivity index (χ3n) is 5.96. The van der Waals surface area contributed by atoms with Crippen LogP contribution in [0.3, 0.4) is 0 Å². The third-order valence-corrected chi connectivity index (χ3v) is 6.42. The van der Waals surface area contributed by atoms with Crippen LogP contribution >= 0.6 is 15.9 Å². The Kier molecular flexibility index (Phi) is 3.01. The molecule has 0 amide bonds. The fourth-order valence-corrected chi connectivity index (χ4v) is 5.84. The van der Waals surface area contributed by atoms with Crippen molar-refractivity contribution in [2.45, 2.75) is 44.1 Å². The predicted octanol–water partition coefficient (Wildman–Crippen LogP) is 4.32. The Morgan fingerprint density at radius 3 is 2.20 bits per heavy atom. The quantitative estimate of drug-likeness (QED) is 0.851. The van der Waals surface area contributed by atoms with Gasteiger partial charge in [-0.15, -0.1) is 0 Å². The van der Waals surface area contributed by atoms with Crippen molar-refractivity contribution in [2.24, 2.45) is 23.7 Å². The van der Waals surface area contributed by atoms with E-state index in [4.69, 9.17) is 0 Å². The summed E-state index contributed by atoms with van der Waals surface area (Å²) in [5.41, 5.74) is 0.326. The van der Waals surface area contributed by atoms with Crippen LogP contribution in [0.4, 0.5) is 4.39 Å². The summed E-state index contributed by atoms with van der Waals surface area (Å²) < 4.78 is 14.3. The van der Waals surface area contributed by atoms with Gasteiger partial charge in [0, 0.05) is 10.9 Å². The molecule has 0 aliphatic heterocycles. The summed E-state index contributed by atoms with van der Waals surface area (Å²) in [6.07, 6.45) is 6.71. The maximum Gasteiger partial charge on any atom is 0.124 e. The van der Waals surface area contributed by atoms with Gasteiger partial charge in [-0.05, 0) is 79.5 Å². The molecule has 0 unspecified atom stereocenters. The summed E-state index contributed by atoms with van der Waals surface area (Å²) in [5.74, 6) is 2.33. The zero-order valence-electron chi connectivity index (χ0n) is 11.5. The van der Waals surface area contributed by atoms with E-state index in [9.17, 15) is 9.50 Å². The first-order chi connectivity index (χ1) is 9.53. The first-order valence-electron chi connectivity index (χ1n) is 7.70. The average Bonchev–Trinajstić information content (AvgIpc) is 2.34. The van der Waals surface area contributed by atoms with Crippen LogP contribution in [0.15, 0.2) is 22.7 Å². The lowest BCUT2D eigenvalue weighted by molar-refractivity contribution is -0.171. The van der Waals surface area contributed by atoms with Crippen LogP contribution in [0.5, 0.6) is 0 Å². The molecule has 5 rings (SSSR count). The average molecular weight is 339 g/mol. The van der Waals surface area contributed by atoms with E-state index in [1.807, 2.05) is 6.07 Å². The van der Waals surface area contributed by atoms with Gasteiger partial charge in [0.05, 0.1) is 5.60 Å². The van der Waals surface area contributed by atoms with Crippen molar-refractivity contribution < 1.29 is 9.50 Å². The van der Waals surface area contributed by atoms with E-state index in [1.165, 1.54) is 38.2 Å². The summed E-state index contributed by atoms with van der Waals surface area (Å²) in [4.78, 5) is 0. The molecule has 0 atom stereocenters. The highest BCUT2D eigenvalue weighted by Crippen LogP contribution is 2.59. The molecule has 108 valence electrons. The van der Waals surface area contributed by atoms with Gasteiger partial charge in [-0.1, -0.05) is 15.9 Å². The standard InChI is InChI=1S/C17H20BrFO/c18-15-6-12(7-16(19)8-15)9-17(20)13-2-10-1-11(4-13)5-14(17)3-10/h6-8,10-11,13-14,20H,1-5,9H2. The van der Waals surface area contributed by atoms with E-state index in [1.54, 1.807) is 6.07 Å². The van der Waals surface area contributed by atoms with Gasteiger partial charge in [0.15, 0.2) is 0 Å². The Labute approximate surface area is 127 Å².